The molecule has 24 heavy (non-hydrogen) atoms. The van der Waals surface area contributed by atoms with Crippen molar-refractivity contribution in [2.45, 2.75) is 6.54 Å². The van der Waals surface area contributed by atoms with E-state index >= 15 is 0 Å². The first-order valence-corrected chi connectivity index (χ1v) is 8.09. The summed E-state index contributed by atoms with van der Waals surface area (Å²) in [6.45, 7) is 0.118. The molecule has 2 heterocycles. The van der Waals surface area contributed by atoms with E-state index in [1.165, 1.54) is 20.9 Å². The molecule has 124 valence electrons. The van der Waals surface area contributed by atoms with Gasteiger partial charge in [-0.2, -0.15) is 11.3 Å². The van der Waals surface area contributed by atoms with Crippen molar-refractivity contribution in [3.05, 3.63) is 62.8 Å². The van der Waals surface area contributed by atoms with Gasteiger partial charge in [0.25, 0.3) is 5.91 Å². The van der Waals surface area contributed by atoms with Crippen molar-refractivity contribution in [2.75, 3.05) is 14.2 Å². The van der Waals surface area contributed by atoms with E-state index in [9.17, 15) is 9.59 Å². The predicted molar refractivity (Wildman–Crippen MR) is 87.5 cm³/mol. The molecule has 0 aliphatic heterocycles. The van der Waals surface area contributed by atoms with Crippen molar-refractivity contribution < 1.29 is 18.7 Å². The number of H-pyrrole nitrogens is 1. The summed E-state index contributed by atoms with van der Waals surface area (Å²) in [5.41, 5.74) is 1.11. The molecule has 0 unspecified atom stereocenters. The number of aromatic nitrogens is 2. The molecule has 0 spiro atoms. The molecule has 0 bridgehead atoms. The third-order valence-electron chi connectivity index (χ3n) is 3.57. The first-order chi connectivity index (χ1) is 11.6. The number of hydrogen-bond acceptors (Lipinski definition) is 5. The number of benzene rings is 1. The zero-order valence-electron chi connectivity index (χ0n) is 13.2. The van der Waals surface area contributed by atoms with Gasteiger partial charge in [0.15, 0.2) is 0 Å². The number of nitrogens with zero attached hydrogens (tertiary/aromatic N) is 2. The van der Waals surface area contributed by atoms with E-state index in [0.29, 0.717) is 22.7 Å². The summed E-state index contributed by atoms with van der Waals surface area (Å²) in [5, 5.41) is 6.17. The fourth-order valence-electron chi connectivity index (χ4n) is 2.27. The van der Waals surface area contributed by atoms with Gasteiger partial charge >= 0.3 is 11.3 Å². The van der Waals surface area contributed by atoms with Gasteiger partial charge in [-0.05, 0) is 33.5 Å². The number of ether oxygens (including phenoxy) is 1. The second kappa shape index (κ2) is 6.71. The molecule has 0 aliphatic carbocycles. The highest BCUT2D eigenvalue weighted by Crippen LogP contribution is 2.12. The number of thiophene rings is 1. The Morgan fingerprint density at radius 3 is 2.71 bits per heavy atom. The molecule has 0 fully saturated rings. The highest BCUT2D eigenvalue weighted by atomic mass is 32.1. The zero-order valence-corrected chi connectivity index (χ0v) is 14.0. The second-order valence-corrected chi connectivity index (χ2v) is 5.91. The van der Waals surface area contributed by atoms with Crippen LogP contribution in [0.3, 0.4) is 0 Å². The van der Waals surface area contributed by atoms with Crippen LogP contribution in [-0.2, 0) is 6.54 Å². The monoisotopic (exact) mass is 346 g/mol. The maximum atomic E-state index is 12.3. The number of nitrogens with one attached hydrogen (secondary N) is 1. The SMILES string of the molecule is COc1ccc(-[n+]2[nH]oc(=O)c2CN(C)C(=O)c2ccsc2)cc1. The molecule has 0 saturated heterocycles. The van der Waals surface area contributed by atoms with Crippen LogP contribution in [0.25, 0.3) is 5.69 Å². The quantitative estimate of drug-likeness (QED) is 0.712. The van der Waals surface area contributed by atoms with E-state index in [1.807, 2.05) is 5.38 Å². The first kappa shape index (κ1) is 16.0. The third kappa shape index (κ3) is 3.09. The van der Waals surface area contributed by atoms with E-state index in [2.05, 4.69) is 5.27 Å². The molecule has 1 N–H and O–H groups in total. The van der Waals surface area contributed by atoms with E-state index < -0.39 is 5.63 Å². The lowest BCUT2D eigenvalue weighted by Crippen LogP contribution is -2.42. The van der Waals surface area contributed by atoms with Crippen LogP contribution in [0.5, 0.6) is 5.75 Å². The molecule has 8 heteroatoms. The summed E-state index contributed by atoms with van der Waals surface area (Å²) >= 11 is 1.45. The number of carbonyl (C=O) groups is 1. The summed E-state index contributed by atoms with van der Waals surface area (Å²) in [5.74, 6) is 0.551. The molecule has 1 aromatic carbocycles. The van der Waals surface area contributed by atoms with Crippen LogP contribution < -0.4 is 15.0 Å². The normalized spacial score (nSPS) is 10.6. The molecule has 3 aromatic rings. The van der Waals surface area contributed by atoms with Crippen LogP contribution in [-0.4, -0.2) is 30.2 Å². The minimum absolute atomic E-state index is 0.118. The average Bonchev–Trinajstić information content (AvgIpc) is 3.25. The zero-order chi connectivity index (χ0) is 17.1. The maximum absolute atomic E-state index is 12.3. The number of hydrogen-bond donors (Lipinski definition) is 1. The Labute approximate surface area is 141 Å². The van der Waals surface area contributed by atoms with Gasteiger partial charge in [-0.3, -0.25) is 9.32 Å². The van der Waals surface area contributed by atoms with Crippen LogP contribution >= 0.6 is 11.3 Å². The number of methoxy groups -OCH3 is 1. The molecule has 1 amide bonds. The predicted octanol–water partition coefficient (Wildman–Crippen LogP) is 1.59. The molecule has 2 aromatic heterocycles. The molecule has 7 nitrogen and oxygen atoms in total. The number of rotatable bonds is 5. The minimum Gasteiger partial charge on any atom is -0.497 e. The third-order valence-corrected chi connectivity index (χ3v) is 4.25. The Bertz CT molecular complexity index is 881. The Hall–Kier alpha value is -2.87. The van der Waals surface area contributed by atoms with Crippen molar-refractivity contribution in [3.63, 3.8) is 0 Å². The highest BCUT2D eigenvalue weighted by molar-refractivity contribution is 7.08. The van der Waals surface area contributed by atoms with E-state index in [4.69, 9.17) is 9.26 Å². The van der Waals surface area contributed by atoms with Crippen molar-refractivity contribution in [2.24, 2.45) is 0 Å². The first-order valence-electron chi connectivity index (χ1n) is 7.14. The molecule has 0 atom stereocenters. The van der Waals surface area contributed by atoms with Crippen LogP contribution in [0.15, 0.2) is 50.4 Å². The molecule has 0 aliphatic rings. The summed E-state index contributed by atoms with van der Waals surface area (Å²) in [7, 11) is 3.23. The Morgan fingerprint density at radius 1 is 1.33 bits per heavy atom. The average molecular weight is 346 g/mol. The van der Waals surface area contributed by atoms with Crippen LogP contribution in [0.1, 0.15) is 16.1 Å². The van der Waals surface area contributed by atoms with Gasteiger partial charge in [0.2, 0.25) is 5.69 Å². The number of amides is 1. The fraction of sp³-hybridized carbons (Fsp3) is 0.188. The molecule has 3 rings (SSSR count). The van der Waals surface area contributed by atoms with Gasteiger partial charge < -0.3 is 9.64 Å². The molecule has 0 radical (unpaired) electrons. The lowest BCUT2D eigenvalue weighted by Gasteiger charge is -2.12. The van der Waals surface area contributed by atoms with Crippen molar-refractivity contribution in [3.8, 4) is 11.4 Å². The summed E-state index contributed by atoms with van der Waals surface area (Å²) in [6, 6.07) is 8.87. The second-order valence-electron chi connectivity index (χ2n) is 5.13. The summed E-state index contributed by atoms with van der Waals surface area (Å²) in [6.07, 6.45) is 0. The molecular formula is C16H16N3O4S+. The Balaban J connectivity index is 1.87. The smallest absolute Gasteiger partial charge is 0.432 e. The number of aromatic amines is 1. The van der Waals surface area contributed by atoms with Crippen LogP contribution in [0.2, 0.25) is 0 Å². The van der Waals surface area contributed by atoms with E-state index in [1.54, 1.807) is 49.9 Å². The summed E-state index contributed by atoms with van der Waals surface area (Å²) in [4.78, 5) is 25.8. The van der Waals surface area contributed by atoms with Crippen molar-refractivity contribution in [1.82, 2.24) is 10.2 Å². The van der Waals surface area contributed by atoms with Gasteiger partial charge in [0.1, 0.15) is 12.3 Å². The molecule has 0 saturated carbocycles. The topological polar surface area (TPSA) is 79.4 Å². The molecular weight excluding hydrogens is 330 g/mol. The van der Waals surface area contributed by atoms with Crippen LogP contribution in [0.4, 0.5) is 0 Å². The minimum atomic E-state index is -0.518. The summed E-state index contributed by atoms with van der Waals surface area (Å²) < 4.78 is 11.5. The standard InChI is InChI=1S/C16H15N3O4S/c1-18(15(20)11-7-8-24-10-11)9-14-16(21)23-17-19(14)12-3-5-13(22-2)6-4-12/h3-8,10H,9H2,1-2H3/p+1. The maximum Gasteiger partial charge on any atom is 0.432 e. The van der Waals surface area contributed by atoms with Gasteiger partial charge in [-0.15, -0.1) is 0 Å². The van der Waals surface area contributed by atoms with Gasteiger partial charge in [0.05, 0.1) is 12.7 Å². The Kier molecular flexibility index (Phi) is 4.48. The van der Waals surface area contributed by atoms with Gasteiger partial charge in [-0.1, -0.05) is 0 Å². The van der Waals surface area contributed by atoms with E-state index in [-0.39, 0.29) is 12.5 Å². The van der Waals surface area contributed by atoms with Crippen molar-refractivity contribution in [1.29, 1.82) is 0 Å². The van der Waals surface area contributed by atoms with Crippen LogP contribution in [0, 0.1) is 0 Å². The largest absolute Gasteiger partial charge is 0.497 e. The number of carbonyl (C=O) groups excluding carboxylic acids is 1. The highest BCUT2D eigenvalue weighted by Gasteiger charge is 2.26. The lowest BCUT2D eigenvalue weighted by atomic mass is 10.2. The van der Waals surface area contributed by atoms with Gasteiger partial charge in [-0.25, -0.2) is 4.79 Å². The lowest BCUT2D eigenvalue weighted by molar-refractivity contribution is -0.678. The van der Waals surface area contributed by atoms with Crippen molar-refractivity contribution >= 4 is 17.2 Å². The van der Waals surface area contributed by atoms with E-state index in [0.717, 1.165) is 0 Å². The Morgan fingerprint density at radius 2 is 2.08 bits per heavy atom. The van der Waals surface area contributed by atoms with Gasteiger partial charge in [0, 0.05) is 24.6 Å². The fourth-order valence-corrected chi connectivity index (χ4v) is 2.90.